The fraction of sp³-hybridized carbons (Fsp3) is 0.525. The first kappa shape index (κ1) is 52.0. The number of amides is 2. The second kappa shape index (κ2) is 21.9. The lowest BCUT2D eigenvalue weighted by Gasteiger charge is -2.39. The van der Waals surface area contributed by atoms with Gasteiger partial charge in [-0.15, -0.1) is 11.3 Å². The van der Waals surface area contributed by atoms with Crippen LogP contribution in [0.1, 0.15) is 106 Å². The molecule has 1 spiro atoms. The zero-order valence-electron chi connectivity index (χ0n) is 44.5. The van der Waals surface area contributed by atoms with E-state index in [9.17, 15) is 19.5 Å². The second-order valence-electron chi connectivity index (χ2n) is 22.8. The first-order valence-electron chi connectivity index (χ1n) is 28.1. The molecule has 2 amide bonds. The summed E-state index contributed by atoms with van der Waals surface area (Å²) in [6.45, 7) is 16.0. The van der Waals surface area contributed by atoms with Gasteiger partial charge in [-0.2, -0.15) is 4.98 Å². The number of morpholine rings is 1. The van der Waals surface area contributed by atoms with Crippen LogP contribution in [-0.2, 0) is 19.7 Å². The Morgan fingerprint density at radius 3 is 2.40 bits per heavy atom. The van der Waals surface area contributed by atoms with Gasteiger partial charge in [0, 0.05) is 90.2 Å². The average Bonchev–Trinajstić information content (AvgIpc) is 4.39. The third kappa shape index (κ3) is 10.1. The Morgan fingerprint density at radius 2 is 1.68 bits per heavy atom. The number of halogens is 1. The quantitative estimate of drug-likeness (QED) is 0.115. The Morgan fingerprint density at radius 1 is 0.909 bits per heavy atom. The molecular weight excluding hydrogens is 1010 g/mol. The van der Waals surface area contributed by atoms with E-state index < -0.39 is 18.1 Å². The number of aryl methyl sites for hydroxylation is 1. The predicted molar refractivity (Wildman–Crippen MR) is 300 cm³/mol. The highest BCUT2D eigenvalue weighted by molar-refractivity contribution is 7.13. The number of nitrogens with one attached hydrogen (secondary N) is 1. The number of piperidine rings is 1. The topological polar surface area (TPSA) is 166 Å². The van der Waals surface area contributed by atoms with Gasteiger partial charge in [-0.1, -0.05) is 86.3 Å². The van der Waals surface area contributed by atoms with Gasteiger partial charge in [0.15, 0.2) is 11.6 Å². The molecule has 5 fully saturated rings. The van der Waals surface area contributed by atoms with E-state index in [4.69, 9.17) is 25.8 Å². The van der Waals surface area contributed by atoms with Gasteiger partial charge in [-0.25, -0.2) is 4.98 Å². The number of aromatic nitrogens is 4. The van der Waals surface area contributed by atoms with Crippen molar-refractivity contribution in [3.63, 3.8) is 0 Å². The summed E-state index contributed by atoms with van der Waals surface area (Å²) >= 11 is 8.26. The molecule has 6 aromatic rings. The van der Waals surface area contributed by atoms with E-state index in [1.807, 2.05) is 44.5 Å². The van der Waals surface area contributed by atoms with E-state index >= 15 is 0 Å². The van der Waals surface area contributed by atoms with Crippen molar-refractivity contribution in [1.29, 1.82) is 0 Å². The maximum atomic E-state index is 14.7. The molecule has 77 heavy (non-hydrogen) atoms. The monoisotopic (exact) mass is 1080 g/mol. The van der Waals surface area contributed by atoms with E-state index in [-0.39, 0.29) is 47.7 Å². The molecule has 4 atom stereocenters. The van der Waals surface area contributed by atoms with Crippen molar-refractivity contribution < 1.29 is 24.0 Å². The number of fused-ring (bicyclic) bond motifs is 7. The van der Waals surface area contributed by atoms with Crippen molar-refractivity contribution in [2.75, 3.05) is 95.0 Å². The van der Waals surface area contributed by atoms with Gasteiger partial charge in [-0.3, -0.25) is 28.8 Å². The van der Waals surface area contributed by atoms with Gasteiger partial charge in [0.25, 0.3) is 5.56 Å². The molecule has 18 heteroatoms. The fourth-order valence-electron chi connectivity index (χ4n) is 13.6. The average molecular weight is 1080 g/mol. The summed E-state index contributed by atoms with van der Waals surface area (Å²) in [5, 5.41) is 19.8. The first-order chi connectivity index (χ1) is 37.4. The molecule has 3 aromatic carbocycles. The largest absolute Gasteiger partial charge is 0.391 e. The number of nitrogens with zero attached hydrogens (tertiary/aromatic N) is 9. The Labute approximate surface area is 459 Å². The molecule has 2 N–H and O–H groups in total. The molecule has 406 valence electrons. The molecule has 12 rings (SSSR count). The fourth-order valence-corrected chi connectivity index (χ4v) is 14.6. The highest BCUT2D eigenvalue weighted by Crippen LogP contribution is 2.52. The lowest BCUT2D eigenvalue weighted by molar-refractivity contribution is -0.141. The number of rotatable bonds is 13. The summed E-state index contributed by atoms with van der Waals surface area (Å²) in [7, 11) is 0. The van der Waals surface area contributed by atoms with Crippen molar-refractivity contribution >= 4 is 57.2 Å². The molecule has 8 heterocycles. The smallest absolute Gasteiger partial charge is 0.282 e. The minimum absolute atomic E-state index is 0.0696. The van der Waals surface area contributed by atoms with Crippen LogP contribution >= 0.6 is 22.9 Å². The maximum Gasteiger partial charge on any atom is 0.282 e. The Balaban J connectivity index is 0.668. The van der Waals surface area contributed by atoms with Gasteiger partial charge in [-0.05, 0) is 85.4 Å². The number of carbonyl (C=O) groups excluding carboxylic acids is 2. The lowest BCUT2D eigenvalue weighted by atomic mass is 9.70. The number of hydrogen-bond donors (Lipinski definition) is 2. The molecule has 3 aromatic heterocycles. The van der Waals surface area contributed by atoms with Gasteiger partial charge >= 0.3 is 0 Å². The highest BCUT2D eigenvalue weighted by atomic mass is 35.5. The van der Waals surface area contributed by atoms with Gasteiger partial charge in [0.2, 0.25) is 11.8 Å². The minimum atomic E-state index is -0.839. The van der Waals surface area contributed by atoms with Crippen molar-refractivity contribution in [2.24, 2.45) is 11.8 Å². The van der Waals surface area contributed by atoms with E-state index in [1.165, 1.54) is 17.7 Å². The van der Waals surface area contributed by atoms with E-state index in [1.54, 1.807) is 22.3 Å². The van der Waals surface area contributed by atoms with Crippen LogP contribution in [0.15, 0.2) is 81.6 Å². The summed E-state index contributed by atoms with van der Waals surface area (Å²) < 4.78 is 13.9. The first-order valence-corrected chi connectivity index (χ1v) is 29.3. The standard InChI is InChI=1S/C59H71ClN10O6S/c1-37(2)52(57(74)69-34-43(71)31-49(69)55(72)62-46(35-66-26-28-75-29-27-66)40-10-12-41(13-11-40)54-38(3)61-36-77-54)50-32-51(64-76-50)68-20-16-39(17-21-68)33-65-22-24-67(25-23-65)42-14-15-44-48(30-42)70-47-9-7-8-45(60)53(47)56(73)63-58(70)59(44)18-5-4-6-19-59/h7-15,30,32,36-37,39,43,46,49,52,71H,4-6,16-29,31,33-35H2,1-3H3,(H,62,72)/t43-,46-,49+,52+/m1/s1. The van der Waals surface area contributed by atoms with E-state index in [0.717, 1.165) is 142 Å². The van der Waals surface area contributed by atoms with Crippen molar-refractivity contribution in [3.05, 3.63) is 116 Å². The number of benzene rings is 3. The predicted octanol–water partition coefficient (Wildman–Crippen LogP) is 7.95. The zero-order valence-corrected chi connectivity index (χ0v) is 46.1. The molecule has 1 aliphatic carbocycles. The van der Waals surface area contributed by atoms with Gasteiger partial charge < -0.3 is 34.4 Å². The van der Waals surface area contributed by atoms with Crippen LogP contribution in [0, 0.1) is 18.8 Å². The SMILES string of the molecule is Cc1ncsc1-c1ccc([C@@H](CN2CCOCC2)NC(=O)[C@@H]2C[C@@H](O)CN2C(=O)[C@H](c2cc(N3CCC(CN4CCN(c5ccc6c(c5)-n5c(nc(=O)c7c(Cl)cccc75)C65CCCCC5)CC4)CC3)no2)C(C)C)cc1. The maximum absolute atomic E-state index is 14.7. The highest BCUT2D eigenvalue weighted by Gasteiger charge is 2.47. The molecular formula is C59H71ClN10O6S. The Kier molecular flexibility index (Phi) is 14.8. The summed E-state index contributed by atoms with van der Waals surface area (Å²) in [6, 6.07) is 21.7. The molecule has 6 aliphatic rings. The number of likely N-dealkylation sites (tertiary alicyclic amines) is 1. The summed E-state index contributed by atoms with van der Waals surface area (Å²) in [5.74, 6) is 1.29. The van der Waals surface area contributed by atoms with Crippen molar-refractivity contribution in [1.82, 2.24) is 39.7 Å². The number of anilines is 2. The third-order valence-corrected chi connectivity index (χ3v) is 19.0. The molecule has 16 nitrogen and oxygen atoms in total. The molecule has 0 radical (unpaired) electrons. The Hall–Kier alpha value is -5.69. The lowest BCUT2D eigenvalue weighted by Crippen LogP contribution is -2.50. The van der Waals surface area contributed by atoms with Crippen LogP contribution in [0.4, 0.5) is 11.5 Å². The zero-order chi connectivity index (χ0) is 53.0. The van der Waals surface area contributed by atoms with Crippen molar-refractivity contribution in [2.45, 2.75) is 102 Å². The summed E-state index contributed by atoms with van der Waals surface area (Å²) in [4.78, 5) is 64.2. The molecule has 0 bridgehead atoms. The third-order valence-electron chi connectivity index (χ3n) is 17.7. The number of aliphatic hydroxyl groups excluding tert-OH is 1. The second-order valence-corrected chi connectivity index (χ2v) is 24.1. The number of β-amino-alcohol motifs (C(OH)–C–C–N with tert-alkyl or cyclic N) is 1. The van der Waals surface area contributed by atoms with E-state index in [2.05, 4.69) is 82.1 Å². The number of hydrogen-bond acceptors (Lipinski definition) is 14. The van der Waals surface area contributed by atoms with Crippen LogP contribution in [0.2, 0.25) is 5.02 Å². The molecule has 4 saturated heterocycles. The number of carbonyl (C=O) groups is 2. The van der Waals surface area contributed by atoms with Crippen LogP contribution in [0.5, 0.6) is 0 Å². The van der Waals surface area contributed by atoms with Crippen LogP contribution in [-0.4, -0.2) is 149 Å². The molecule has 1 saturated carbocycles. The van der Waals surface area contributed by atoms with Crippen LogP contribution in [0.3, 0.4) is 0 Å². The summed E-state index contributed by atoms with van der Waals surface area (Å²) in [6.07, 6.45) is 6.82. The number of aliphatic hydroxyl groups is 1. The number of piperazine rings is 1. The van der Waals surface area contributed by atoms with Gasteiger partial charge in [0.1, 0.15) is 17.8 Å². The Bertz CT molecular complexity index is 3170. The number of ether oxygens (including phenoxy) is 1. The summed E-state index contributed by atoms with van der Waals surface area (Å²) in [5.41, 5.74) is 8.84. The van der Waals surface area contributed by atoms with Crippen LogP contribution in [0.25, 0.3) is 27.0 Å². The number of thiazole rings is 1. The van der Waals surface area contributed by atoms with Crippen molar-refractivity contribution in [3.8, 4) is 16.1 Å². The van der Waals surface area contributed by atoms with Gasteiger partial charge in [0.05, 0.1) is 68.5 Å². The normalized spacial score (nSPS) is 22.0. The van der Waals surface area contributed by atoms with Crippen LogP contribution < -0.4 is 20.7 Å². The molecule has 5 aliphatic heterocycles. The molecule has 0 unspecified atom stereocenters. The van der Waals surface area contributed by atoms with E-state index in [0.29, 0.717) is 41.8 Å². The minimum Gasteiger partial charge on any atom is -0.391 e.